The van der Waals surface area contributed by atoms with Crippen LogP contribution in [0.25, 0.3) is 0 Å². The lowest BCUT2D eigenvalue weighted by Crippen LogP contribution is -2.40. The highest BCUT2D eigenvalue weighted by atomic mass is 32.2. The summed E-state index contributed by atoms with van der Waals surface area (Å²) in [5.74, 6) is -1.66. The van der Waals surface area contributed by atoms with Crippen LogP contribution in [0, 0.1) is 16.0 Å². The van der Waals surface area contributed by atoms with E-state index in [0.29, 0.717) is 5.69 Å². The highest BCUT2D eigenvalue weighted by molar-refractivity contribution is 7.89. The van der Waals surface area contributed by atoms with Gasteiger partial charge in [-0.05, 0) is 37.1 Å². The van der Waals surface area contributed by atoms with Gasteiger partial charge in [-0.3, -0.25) is 24.7 Å². The number of benzene rings is 1. The molecule has 1 aliphatic heterocycles. The molecule has 1 saturated heterocycles. The molecule has 0 aliphatic carbocycles. The standard InChI is InChI=1S/C19H20N4O7S/c24-18(21-15-3-5-16(6-4-15)23(26)27)13-30-19(25)14-7-10-22(11-8-14)31(28,29)17-2-1-9-20-12-17/h1-6,9,12,14H,7-8,10-11,13H2,(H,21,24). The van der Waals surface area contributed by atoms with Crippen molar-refractivity contribution in [3.63, 3.8) is 0 Å². The van der Waals surface area contributed by atoms with Crippen LogP contribution in [0.5, 0.6) is 0 Å². The lowest BCUT2D eigenvalue weighted by molar-refractivity contribution is -0.384. The van der Waals surface area contributed by atoms with E-state index in [0.717, 1.165) is 0 Å². The molecule has 2 heterocycles. The smallest absolute Gasteiger partial charge is 0.309 e. The third-order valence-electron chi connectivity index (χ3n) is 4.77. The third-order valence-corrected chi connectivity index (χ3v) is 6.65. The van der Waals surface area contributed by atoms with Crippen molar-refractivity contribution >= 4 is 33.3 Å². The van der Waals surface area contributed by atoms with Gasteiger partial charge in [0.05, 0.1) is 10.8 Å². The second kappa shape index (κ2) is 9.62. The molecule has 1 aromatic heterocycles. The predicted octanol–water partition coefficient (Wildman–Crippen LogP) is 1.57. The number of pyridine rings is 1. The number of hydrogen-bond donors (Lipinski definition) is 1. The highest BCUT2D eigenvalue weighted by Gasteiger charge is 2.33. The van der Waals surface area contributed by atoms with Gasteiger partial charge in [-0.2, -0.15) is 4.31 Å². The van der Waals surface area contributed by atoms with E-state index in [4.69, 9.17) is 4.74 Å². The molecule has 31 heavy (non-hydrogen) atoms. The summed E-state index contributed by atoms with van der Waals surface area (Å²) in [6.45, 7) is -0.192. The minimum absolute atomic E-state index is 0.0962. The zero-order valence-corrected chi connectivity index (χ0v) is 17.2. The number of nitro benzene ring substituents is 1. The number of piperidine rings is 1. The number of nitrogens with one attached hydrogen (secondary N) is 1. The molecule has 11 nitrogen and oxygen atoms in total. The summed E-state index contributed by atoms with van der Waals surface area (Å²) in [5.41, 5.74) is 0.224. The van der Waals surface area contributed by atoms with Crippen molar-refractivity contribution in [2.75, 3.05) is 25.0 Å². The monoisotopic (exact) mass is 448 g/mol. The van der Waals surface area contributed by atoms with E-state index in [-0.39, 0.29) is 36.5 Å². The van der Waals surface area contributed by atoms with E-state index < -0.39 is 39.3 Å². The molecule has 1 N–H and O–H groups in total. The summed E-state index contributed by atoms with van der Waals surface area (Å²) < 4.78 is 31.5. The van der Waals surface area contributed by atoms with Crippen molar-refractivity contribution < 1.29 is 27.7 Å². The van der Waals surface area contributed by atoms with Gasteiger partial charge in [0, 0.05) is 43.3 Å². The fourth-order valence-corrected chi connectivity index (χ4v) is 4.53. The van der Waals surface area contributed by atoms with Gasteiger partial charge in [-0.1, -0.05) is 0 Å². The summed E-state index contributed by atoms with van der Waals surface area (Å²) in [5, 5.41) is 13.1. The summed E-state index contributed by atoms with van der Waals surface area (Å²) in [7, 11) is -3.67. The van der Waals surface area contributed by atoms with Gasteiger partial charge < -0.3 is 10.1 Å². The zero-order valence-electron chi connectivity index (χ0n) is 16.3. The summed E-state index contributed by atoms with van der Waals surface area (Å²) in [6, 6.07) is 8.24. The minimum Gasteiger partial charge on any atom is -0.455 e. The maximum atomic E-state index is 12.6. The van der Waals surface area contributed by atoms with Crippen LogP contribution in [0.1, 0.15) is 12.8 Å². The van der Waals surface area contributed by atoms with E-state index in [9.17, 15) is 28.1 Å². The molecule has 1 aromatic carbocycles. The molecule has 0 bridgehead atoms. The molecule has 1 aliphatic rings. The topological polar surface area (TPSA) is 149 Å². The normalized spacial score (nSPS) is 15.2. The van der Waals surface area contributed by atoms with Crippen LogP contribution in [0.15, 0.2) is 53.7 Å². The van der Waals surface area contributed by atoms with Gasteiger partial charge in [0.15, 0.2) is 6.61 Å². The largest absolute Gasteiger partial charge is 0.455 e. The van der Waals surface area contributed by atoms with Gasteiger partial charge in [0.2, 0.25) is 10.0 Å². The Labute approximate surface area is 178 Å². The van der Waals surface area contributed by atoms with Crippen LogP contribution in [-0.2, 0) is 24.3 Å². The Morgan fingerprint density at radius 3 is 2.45 bits per heavy atom. The van der Waals surface area contributed by atoms with Crippen LogP contribution < -0.4 is 5.32 Å². The Morgan fingerprint density at radius 2 is 1.87 bits per heavy atom. The van der Waals surface area contributed by atoms with E-state index in [1.807, 2.05) is 0 Å². The quantitative estimate of drug-likeness (QED) is 0.381. The SMILES string of the molecule is O=C(COC(=O)C1CCN(S(=O)(=O)c2cccnc2)CC1)Nc1ccc([N+](=O)[O-])cc1. The number of sulfonamides is 1. The van der Waals surface area contributed by atoms with E-state index in [2.05, 4.69) is 10.3 Å². The number of carbonyl (C=O) groups excluding carboxylic acids is 2. The average Bonchev–Trinajstić information content (AvgIpc) is 2.78. The van der Waals surface area contributed by atoms with Gasteiger partial charge in [0.25, 0.3) is 11.6 Å². The van der Waals surface area contributed by atoms with Gasteiger partial charge in [0.1, 0.15) is 4.90 Å². The molecule has 1 amide bonds. The molecular formula is C19H20N4O7S. The Kier molecular flexibility index (Phi) is 6.92. The second-order valence-electron chi connectivity index (χ2n) is 6.83. The van der Waals surface area contributed by atoms with Crippen LogP contribution >= 0.6 is 0 Å². The number of nitro groups is 1. The number of hydrogen-bond acceptors (Lipinski definition) is 8. The molecule has 164 valence electrons. The summed E-state index contributed by atoms with van der Waals surface area (Å²) in [4.78, 5) is 38.2. The number of ether oxygens (including phenoxy) is 1. The number of nitrogens with zero attached hydrogens (tertiary/aromatic N) is 3. The Morgan fingerprint density at radius 1 is 1.19 bits per heavy atom. The fourth-order valence-electron chi connectivity index (χ4n) is 3.10. The van der Waals surface area contributed by atoms with Crippen molar-refractivity contribution in [1.29, 1.82) is 0 Å². The van der Waals surface area contributed by atoms with Gasteiger partial charge >= 0.3 is 5.97 Å². The van der Waals surface area contributed by atoms with Crippen molar-refractivity contribution in [3.05, 3.63) is 58.9 Å². The number of rotatable bonds is 7. The second-order valence-corrected chi connectivity index (χ2v) is 8.76. The number of carbonyl (C=O) groups is 2. The first-order valence-corrected chi connectivity index (χ1v) is 10.8. The van der Waals surface area contributed by atoms with Crippen LogP contribution in [0.3, 0.4) is 0 Å². The van der Waals surface area contributed by atoms with Crippen LogP contribution in [0.4, 0.5) is 11.4 Å². The predicted molar refractivity (Wildman–Crippen MR) is 108 cm³/mol. The van der Waals surface area contributed by atoms with Crippen LogP contribution in [-0.4, -0.2) is 54.2 Å². The molecule has 2 aromatic rings. The molecule has 0 atom stereocenters. The average molecular weight is 448 g/mol. The van der Waals surface area contributed by atoms with E-state index >= 15 is 0 Å². The number of amides is 1. The van der Waals surface area contributed by atoms with Crippen molar-refractivity contribution in [1.82, 2.24) is 9.29 Å². The molecule has 0 radical (unpaired) electrons. The van der Waals surface area contributed by atoms with E-state index in [1.165, 1.54) is 47.0 Å². The molecule has 12 heteroatoms. The molecular weight excluding hydrogens is 428 g/mol. The Balaban J connectivity index is 1.45. The maximum absolute atomic E-state index is 12.6. The lowest BCUT2D eigenvalue weighted by Gasteiger charge is -2.29. The molecule has 0 spiro atoms. The molecule has 1 fully saturated rings. The molecule has 3 rings (SSSR count). The first-order valence-electron chi connectivity index (χ1n) is 9.38. The van der Waals surface area contributed by atoms with E-state index in [1.54, 1.807) is 6.07 Å². The highest BCUT2D eigenvalue weighted by Crippen LogP contribution is 2.24. The van der Waals surface area contributed by atoms with Gasteiger partial charge in [-0.15, -0.1) is 0 Å². The zero-order chi connectivity index (χ0) is 22.4. The van der Waals surface area contributed by atoms with Crippen molar-refractivity contribution in [2.45, 2.75) is 17.7 Å². The fraction of sp³-hybridized carbons (Fsp3) is 0.316. The van der Waals surface area contributed by atoms with Gasteiger partial charge in [-0.25, -0.2) is 8.42 Å². The summed E-state index contributed by atoms with van der Waals surface area (Å²) in [6.07, 6.45) is 3.32. The first kappa shape index (κ1) is 22.3. The number of anilines is 1. The third kappa shape index (κ3) is 5.61. The van der Waals surface area contributed by atoms with Crippen molar-refractivity contribution in [2.24, 2.45) is 5.92 Å². The molecule has 0 unspecified atom stereocenters. The number of aromatic nitrogens is 1. The maximum Gasteiger partial charge on any atom is 0.309 e. The number of esters is 1. The first-order chi connectivity index (χ1) is 14.8. The Bertz CT molecular complexity index is 1050. The lowest BCUT2D eigenvalue weighted by atomic mass is 9.98. The van der Waals surface area contributed by atoms with Crippen LogP contribution in [0.2, 0.25) is 0 Å². The molecule has 0 saturated carbocycles. The summed E-state index contributed by atoms with van der Waals surface area (Å²) >= 11 is 0. The van der Waals surface area contributed by atoms with Crippen molar-refractivity contribution in [3.8, 4) is 0 Å². The Hall–Kier alpha value is -3.38. The number of non-ortho nitro benzene ring substituents is 1. The minimum atomic E-state index is -3.67.